The molecule has 1 saturated carbocycles. The molecule has 3 N–H and O–H groups in total. The molecule has 2 bridgehead atoms. The number of piperidine rings is 1. The maximum absolute atomic E-state index is 13.5. The van der Waals surface area contributed by atoms with E-state index in [-0.39, 0.29) is 30.1 Å². The summed E-state index contributed by atoms with van der Waals surface area (Å²) in [6.45, 7) is 1.29. The summed E-state index contributed by atoms with van der Waals surface area (Å²) in [7, 11) is 0. The van der Waals surface area contributed by atoms with E-state index in [9.17, 15) is 9.90 Å². The molecule has 0 radical (unpaired) electrons. The lowest BCUT2D eigenvalue weighted by Crippen LogP contribution is -2.58. The summed E-state index contributed by atoms with van der Waals surface area (Å²) >= 11 is 0. The van der Waals surface area contributed by atoms with Crippen LogP contribution >= 0.6 is 0 Å². The quantitative estimate of drug-likeness (QED) is 0.319. The maximum atomic E-state index is 13.5. The van der Waals surface area contributed by atoms with Gasteiger partial charge in [0.2, 0.25) is 0 Å². The van der Waals surface area contributed by atoms with Gasteiger partial charge in [-0.25, -0.2) is 0 Å². The second-order valence-electron chi connectivity index (χ2n) is 11.5. The van der Waals surface area contributed by atoms with Crippen molar-refractivity contribution < 1.29 is 14.6 Å². The van der Waals surface area contributed by atoms with Crippen molar-refractivity contribution in [1.29, 1.82) is 0 Å². The van der Waals surface area contributed by atoms with Gasteiger partial charge in [-0.05, 0) is 74.1 Å². The van der Waals surface area contributed by atoms with E-state index in [2.05, 4.69) is 49.7 Å². The van der Waals surface area contributed by atoms with Crippen LogP contribution in [-0.4, -0.2) is 57.6 Å². The first-order valence-electron chi connectivity index (χ1n) is 14.5. The fourth-order valence-corrected chi connectivity index (χ4v) is 6.98. The van der Waals surface area contributed by atoms with Crippen molar-refractivity contribution >= 4 is 22.5 Å². The molecule has 2 saturated heterocycles. The molecule has 206 valence electrons. The van der Waals surface area contributed by atoms with Crippen molar-refractivity contribution in [1.82, 2.24) is 20.5 Å². The summed E-state index contributed by atoms with van der Waals surface area (Å²) in [4.78, 5) is 20.5. The summed E-state index contributed by atoms with van der Waals surface area (Å²) in [6, 6.07) is 20.4. The fourth-order valence-electron chi connectivity index (χ4n) is 6.98. The third-order valence-electron chi connectivity index (χ3n) is 8.92. The molecule has 40 heavy (non-hydrogen) atoms. The van der Waals surface area contributed by atoms with Crippen molar-refractivity contribution in [2.24, 2.45) is 5.92 Å². The monoisotopic (exact) mass is 537 g/mol. The van der Waals surface area contributed by atoms with E-state index >= 15 is 0 Å². The number of aromatic nitrogens is 3. The zero-order chi connectivity index (χ0) is 27.1. The summed E-state index contributed by atoms with van der Waals surface area (Å²) in [5.41, 5.74) is 5.39. The van der Waals surface area contributed by atoms with Gasteiger partial charge in [0.1, 0.15) is 0 Å². The molecular formula is C32H35N5O3. The van der Waals surface area contributed by atoms with Crippen LogP contribution < -0.4 is 10.2 Å². The number of aliphatic hydroxyl groups excluding tert-OH is 1. The minimum absolute atomic E-state index is 0.0898. The summed E-state index contributed by atoms with van der Waals surface area (Å²) < 4.78 is 5.77. The van der Waals surface area contributed by atoms with E-state index < -0.39 is 0 Å². The average molecular weight is 538 g/mol. The van der Waals surface area contributed by atoms with Crippen LogP contribution in [0.5, 0.6) is 0 Å². The minimum Gasteiger partial charge on any atom is -0.393 e. The number of carbonyl (C=O) groups is 1. The number of H-pyrrole nitrogens is 1. The molecule has 7 rings (SSSR count). The van der Waals surface area contributed by atoms with Crippen LogP contribution in [0.3, 0.4) is 0 Å². The van der Waals surface area contributed by atoms with E-state index in [1.807, 2.05) is 36.4 Å². The lowest BCUT2D eigenvalue weighted by Gasteiger charge is -2.48. The van der Waals surface area contributed by atoms with Crippen molar-refractivity contribution in [2.45, 2.75) is 62.8 Å². The van der Waals surface area contributed by atoms with Gasteiger partial charge in [0.15, 0.2) is 0 Å². The number of ether oxygens (including phenoxy) is 1. The average Bonchev–Trinajstić information content (AvgIpc) is 3.66. The highest BCUT2D eigenvalue weighted by Gasteiger charge is 2.38. The number of aliphatic hydroxyl groups is 1. The first-order chi connectivity index (χ1) is 19.6. The Morgan fingerprint density at radius 3 is 2.52 bits per heavy atom. The number of aromatic amines is 1. The number of benzene rings is 2. The van der Waals surface area contributed by atoms with Crippen LogP contribution in [0.2, 0.25) is 0 Å². The highest BCUT2D eigenvalue weighted by molar-refractivity contribution is 6.01. The first-order valence-corrected chi connectivity index (χ1v) is 14.5. The van der Waals surface area contributed by atoms with Crippen molar-refractivity contribution in [2.75, 3.05) is 18.1 Å². The Balaban J connectivity index is 1.14. The maximum Gasteiger partial charge on any atom is 0.251 e. The number of carbonyl (C=O) groups excluding carboxylic acids is 1. The largest absolute Gasteiger partial charge is 0.393 e. The van der Waals surface area contributed by atoms with Crippen LogP contribution in [0, 0.1) is 5.92 Å². The molecule has 8 heteroatoms. The molecule has 2 aliphatic heterocycles. The molecule has 2 aromatic heterocycles. The molecule has 4 atom stereocenters. The molecule has 3 aliphatic rings. The summed E-state index contributed by atoms with van der Waals surface area (Å²) in [5.74, 6) is 0.313. The van der Waals surface area contributed by atoms with Gasteiger partial charge in [0, 0.05) is 28.4 Å². The molecule has 2 aromatic carbocycles. The molecule has 4 aromatic rings. The SMILES string of the molecule is O=C(N[C@H](c1ccccn1)C1CCCC1)c1ccc2[nH]nc(-c3ccc(N4[C@@H]5COC[C@H]4CC(O)C5)cc3)c2c1. The molecular weight excluding hydrogens is 502 g/mol. The number of anilines is 1. The molecule has 1 amide bonds. The topological polar surface area (TPSA) is 103 Å². The van der Waals surface area contributed by atoms with Crippen molar-refractivity contribution in [3.8, 4) is 11.3 Å². The molecule has 0 spiro atoms. The Morgan fingerprint density at radius 2 is 1.80 bits per heavy atom. The number of morpholine rings is 1. The zero-order valence-electron chi connectivity index (χ0n) is 22.5. The van der Waals surface area contributed by atoms with E-state index in [1.54, 1.807) is 6.20 Å². The highest BCUT2D eigenvalue weighted by Crippen LogP contribution is 2.37. The number of amides is 1. The van der Waals surface area contributed by atoms with E-state index in [0.717, 1.165) is 59.2 Å². The third kappa shape index (κ3) is 4.75. The number of rotatable bonds is 6. The lowest BCUT2D eigenvalue weighted by molar-refractivity contribution is 0.00124. The van der Waals surface area contributed by atoms with Gasteiger partial charge in [-0.15, -0.1) is 0 Å². The lowest BCUT2D eigenvalue weighted by atomic mass is 9.91. The van der Waals surface area contributed by atoms with Gasteiger partial charge in [-0.1, -0.05) is 31.0 Å². The molecule has 1 aliphatic carbocycles. The van der Waals surface area contributed by atoms with Crippen LogP contribution in [-0.2, 0) is 4.74 Å². The molecule has 1 unspecified atom stereocenters. The molecule has 8 nitrogen and oxygen atoms in total. The predicted molar refractivity (Wildman–Crippen MR) is 154 cm³/mol. The Bertz CT molecular complexity index is 1470. The fraction of sp³-hybridized carbons (Fsp3) is 0.406. The summed E-state index contributed by atoms with van der Waals surface area (Å²) in [5, 5.41) is 22.2. The zero-order valence-corrected chi connectivity index (χ0v) is 22.5. The van der Waals surface area contributed by atoms with E-state index in [1.165, 1.54) is 12.8 Å². The second-order valence-corrected chi connectivity index (χ2v) is 11.5. The van der Waals surface area contributed by atoms with Crippen LogP contribution in [0.15, 0.2) is 66.9 Å². The Morgan fingerprint density at radius 1 is 1.02 bits per heavy atom. The van der Waals surface area contributed by atoms with Gasteiger partial charge in [0.05, 0.1) is 54.3 Å². The molecule has 3 fully saturated rings. The van der Waals surface area contributed by atoms with Crippen LogP contribution in [0.4, 0.5) is 5.69 Å². The minimum atomic E-state index is -0.256. The predicted octanol–water partition coefficient (Wildman–Crippen LogP) is 5.01. The van der Waals surface area contributed by atoms with Gasteiger partial charge >= 0.3 is 0 Å². The first kappa shape index (κ1) is 25.2. The summed E-state index contributed by atoms with van der Waals surface area (Å²) in [6.07, 6.45) is 7.61. The van der Waals surface area contributed by atoms with E-state index in [0.29, 0.717) is 24.7 Å². The van der Waals surface area contributed by atoms with Crippen molar-refractivity contribution in [3.05, 3.63) is 78.1 Å². The Hall–Kier alpha value is -3.75. The standard InChI is InChI=1S/C32H35N5O3/c38-26-16-24-18-40-19-25(17-26)37(24)23-11-8-21(9-12-23)30-27-15-22(10-13-28(27)35-36-30)32(39)34-31(20-5-1-2-6-20)29-7-3-4-14-33-29/h3-4,7-15,20,24-26,31,38H,1-2,5-6,16-19H2,(H,34,39)(H,35,36)/t24-,25+,26?,31-/m0/s1. The van der Waals surface area contributed by atoms with Gasteiger partial charge in [-0.2, -0.15) is 5.10 Å². The Labute approximate surface area is 233 Å². The number of fused-ring (bicyclic) bond motifs is 3. The third-order valence-corrected chi connectivity index (χ3v) is 8.92. The van der Waals surface area contributed by atoms with Gasteiger partial charge in [-0.3, -0.25) is 14.9 Å². The highest BCUT2D eigenvalue weighted by atomic mass is 16.5. The number of hydrogen-bond donors (Lipinski definition) is 3. The van der Waals surface area contributed by atoms with E-state index in [4.69, 9.17) is 4.74 Å². The Kier molecular flexibility index (Phi) is 6.73. The number of nitrogens with zero attached hydrogens (tertiary/aromatic N) is 3. The molecule has 4 heterocycles. The normalized spacial score (nSPS) is 23.8. The number of hydrogen-bond acceptors (Lipinski definition) is 6. The van der Waals surface area contributed by atoms with Gasteiger partial charge in [0.25, 0.3) is 5.91 Å². The second kappa shape index (κ2) is 10.7. The smallest absolute Gasteiger partial charge is 0.251 e. The van der Waals surface area contributed by atoms with Crippen LogP contribution in [0.1, 0.15) is 60.6 Å². The van der Waals surface area contributed by atoms with Crippen LogP contribution in [0.25, 0.3) is 22.2 Å². The number of nitrogens with one attached hydrogen (secondary N) is 2. The van der Waals surface area contributed by atoms with Crippen molar-refractivity contribution in [3.63, 3.8) is 0 Å². The van der Waals surface area contributed by atoms with Gasteiger partial charge < -0.3 is 20.1 Å². The number of pyridine rings is 1.